The van der Waals surface area contributed by atoms with E-state index in [9.17, 15) is 8.78 Å². The zero-order valence-electron chi connectivity index (χ0n) is 11.6. The van der Waals surface area contributed by atoms with Crippen molar-refractivity contribution in [2.45, 2.75) is 13.3 Å². The van der Waals surface area contributed by atoms with Crippen LogP contribution in [0, 0.1) is 0 Å². The lowest BCUT2D eigenvalue weighted by molar-refractivity contribution is -0.0493. The molecule has 22 heavy (non-hydrogen) atoms. The van der Waals surface area contributed by atoms with Crippen molar-refractivity contribution in [3.8, 4) is 5.75 Å². The molecule has 0 bridgehead atoms. The third kappa shape index (κ3) is 4.64. The van der Waals surface area contributed by atoms with E-state index in [4.69, 9.17) is 17.0 Å². The van der Waals surface area contributed by atoms with E-state index in [1.807, 2.05) is 0 Å². The summed E-state index contributed by atoms with van der Waals surface area (Å²) in [6.45, 7) is -2.59. The van der Waals surface area contributed by atoms with Gasteiger partial charge in [0.25, 0.3) is 0 Å². The molecule has 1 aromatic heterocycles. The van der Waals surface area contributed by atoms with Gasteiger partial charge in [-0.2, -0.15) is 13.9 Å². The van der Waals surface area contributed by atoms with E-state index >= 15 is 0 Å². The van der Waals surface area contributed by atoms with Crippen LogP contribution in [0.1, 0.15) is 0 Å². The van der Waals surface area contributed by atoms with E-state index in [-0.39, 0.29) is 10.9 Å². The molecule has 2 aromatic rings. The summed E-state index contributed by atoms with van der Waals surface area (Å²) in [7, 11) is 1.56. The van der Waals surface area contributed by atoms with E-state index in [0.29, 0.717) is 18.1 Å². The number of anilines is 2. The lowest BCUT2D eigenvalue weighted by atomic mass is 10.3. The Hall–Kier alpha value is -2.26. The fraction of sp³-hybridized carbons (Fsp3) is 0.231. The molecule has 0 saturated carbocycles. The molecule has 0 saturated heterocycles. The molecule has 0 aliphatic heterocycles. The molecule has 118 valence electrons. The summed E-state index contributed by atoms with van der Waals surface area (Å²) in [6, 6.07) is 6.28. The van der Waals surface area contributed by atoms with Gasteiger partial charge in [0.1, 0.15) is 12.5 Å². The van der Waals surface area contributed by atoms with Crippen molar-refractivity contribution >= 4 is 28.7 Å². The summed E-state index contributed by atoms with van der Waals surface area (Å²) in [5, 5.41) is 9.95. The quantitative estimate of drug-likeness (QED) is 0.795. The topological polar surface area (TPSA) is 60.3 Å². The number of methoxy groups -OCH3 is 1. The average Bonchev–Trinajstić information content (AvgIpc) is 2.88. The van der Waals surface area contributed by atoms with Crippen LogP contribution in [-0.4, -0.2) is 28.6 Å². The van der Waals surface area contributed by atoms with Crippen LogP contribution in [0.2, 0.25) is 0 Å². The number of para-hydroxylation sites is 2. The Balaban J connectivity index is 1.99. The number of halogens is 2. The summed E-state index contributed by atoms with van der Waals surface area (Å²) in [5.41, 5.74) is 0.978. The normalized spacial score (nSPS) is 10.5. The van der Waals surface area contributed by atoms with E-state index in [1.54, 1.807) is 42.4 Å². The van der Waals surface area contributed by atoms with Gasteiger partial charge >= 0.3 is 6.61 Å². The van der Waals surface area contributed by atoms with Crippen molar-refractivity contribution in [3.63, 3.8) is 0 Å². The summed E-state index contributed by atoms with van der Waals surface area (Å²) in [6.07, 6.45) is 3.26. The zero-order chi connectivity index (χ0) is 15.9. The third-order valence-corrected chi connectivity index (χ3v) is 2.71. The third-order valence-electron chi connectivity index (χ3n) is 2.50. The van der Waals surface area contributed by atoms with Gasteiger partial charge in [-0.15, -0.1) is 0 Å². The van der Waals surface area contributed by atoms with E-state index < -0.39 is 6.61 Å². The first kappa shape index (κ1) is 16.1. The van der Waals surface area contributed by atoms with Crippen molar-refractivity contribution in [2.75, 3.05) is 17.7 Å². The van der Waals surface area contributed by atoms with Gasteiger partial charge in [-0.3, -0.25) is 0 Å². The minimum atomic E-state index is -2.91. The molecule has 0 radical (unpaired) electrons. The van der Waals surface area contributed by atoms with Crippen molar-refractivity contribution in [1.29, 1.82) is 0 Å². The highest BCUT2D eigenvalue weighted by atomic mass is 32.1. The van der Waals surface area contributed by atoms with Gasteiger partial charge in [0.2, 0.25) is 0 Å². The molecule has 1 aromatic carbocycles. The van der Waals surface area contributed by atoms with Gasteiger partial charge in [-0.25, -0.2) is 4.68 Å². The standard InChI is InChI=1S/C13H14F2N4O2S/c1-20-8-19-7-9(6-16-19)17-13(22)18-10-4-2-3-5-11(10)21-12(14)15/h2-7,12H,8H2,1H3,(H2,17,18,22). The van der Waals surface area contributed by atoms with Crippen LogP contribution in [0.25, 0.3) is 0 Å². The molecule has 2 rings (SSSR count). The second-order valence-corrected chi connectivity index (χ2v) is 4.55. The fourth-order valence-corrected chi connectivity index (χ4v) is 1.91. The molecular formula is C13H14F2N4O2S. The highest BCUT2D eigenvalue weighted by Gasteiger charge is 2.10. The molecule has 9 heteroatoms. The van der Waals surface area contributed by atoms with E-state index in [2.05, 4.69) is 20.5 Å². The van der Waals surface area contributed by atoms with Crippen molar-refractivity contribution in [1.82, 2.24) is 9.78 Å². The highest BCUT2D eigenvalue weighted by Crippen LogP contribution is 2.25. The van der Waals surface area contributed by atoms with Crippen molar-refractivity contribution in [3.05, 3.63) is 36.7 Å². The Morgan fingerprint density at radius 3 is 2.86 bits per heavy atom. The number of benzene rings is 1. The maximum absolute atomic E-state index is 12.3. The summed E-state index contributed by atoms with van der Waals surface area (Å²) >= 11 is 5.13. The number of rotatable bonds is 6. The number of thiocarbonyl (C=S) groups is 1. The lowest BCUT2D eigenvalue weighted by Crippen LogP contribution is -2.19. The molecule has 0 atom stereocenters. The monoisotopic (exact) mass is 328 g/mol. The van der Waals surface area contributed by atoms with Gasteiger partial charge in [0, 0.05) is 7.11 Å². The Morgan fingerprint density at radius 1 is 1.36 bits per heavy atom. The first-order valence-corrected chi connectivity index (χ1v) is 6.62. The number of hydrogen-bond acceptors (Lipinski definition) is 4. The van der Waals surface area contributed by atoms with Crippen LogP contribution in [0.4, 0.5) is 20.2 Å². The van der Waals surface area contributed by atoms with Crippen LogP contribution in [0.5, 0.6) is 5.75 Å². The Bertz CT molecular complexity index is 636. The van der Waals surface area contributed by atoms with Crippen LogP contribution >= 0.6 is 12.2 Å². The number of nitrogens with zero attached hydrogens (tertiary/aromatic N) is 2. The predicted octanol–water partition coefficient (Wildman–Crippen LogP) is 2.90. The molecule has 1 heterocycles. The number of nitrogens with one attached hydrogen (secondary N) is 2. The summed E-state index contributed by atoms with van der Waals surface area (Å²) in [4.78, 5) is 0. The summed E-state index contributed by atoms with van der Waals surface area (Å²) < 4.78 is 35.6. The molecule has 0 fully saturated rings. The van der Waals surface area contributed by atoms with Gasteiger partial charge < -0.3 is 20.1 Å². The molecule has 0 spiro atoms. The first-order chi connectivity index (χ1) is 10.6. The predicted molar refractivity (Wildman–Crippen MR) is 82.2 cm³/mol. The molecule has 0 aliphatic rings. The number of ether oxygens (including phenoxy) is 2. The van der Waals surface area contributed by atoms with Crippen LogP contribution in [0.15, 0.2) is 36.7 Å². The fourth-order valence-electron chi connectivity index (χ4n) is 1.68. The Morgan fingerprint density at radius 2 is 2.14 bits per heavy atom. The molecule has 0 aliphatic carbocycles. The van der Waals surface area contributed by atoms with Gasteiger partial charge in [0.05, 0.1) is 23.8 Å². The number of aromatic nitrogens is 2. The SMILES string of the molecule is COCn1cc(NC(=S)Nc2ccccc2OC(F)F)cn1. The Kier molecular flexibility index (Phi) is 5.61. The summed E-state index contributed by atoms with van der Waals surface area (Å²) in [5.74, 6) is 0.0109. The minimum Gasteiger partial charge on any atom is -0.433 e. The second-order valence-electron chi connectivity index (χ2n) is 4.14. The van der Waals surface area contributed by atoms with E-state index in [0.717, 1.165) is 0 Å². The van der Waals surface area contributed by atoms with Gasteiger partial charge in [-0.1, -0.05) is 12.1 Å². The molecule has 2 N–H and O–H groups in total. The van der Waals surface area contributed by atoms with Crippen LogP contribution < -0.4 is 15.4 Å². The number of hydrogen-bond donors (Lipinski definition) is 2. The molecule has 0 amide bonds. The van der Waals surface area contributed by atoms with Crippen molar-refractivity contribution in [2.24, 2.45) is 0 Å². The lowest BCUT2D eigenvalue weighted by Gasteiger charge is -2.13. The minimum absolute atomic E-state index is 0.0109. The second kappa shape index (κ2) is 7.66. The van der Waals surface area contributed by atoms with Gasteiger partial charge in [0.15, 0.2) is 5.11 Å². The molecule has 0 unspecified atom stereocenters. The molecule has 6 nitrogen and oxygen atoms in total. The maximum atomic E-state index is 12.3. The average molecular weight is 328 g/mol. The Labute approximate surface area is 131 Å². The number of alkyl halides is 2. The molecular weight excluding hydrogens is 314 g/mol. The van der Waals surface area contributed by atoms with Crippen molar-refractivity contribution < 1.29 is 18.3 Å². The van der Waals surface area contributed by atoms with Crippen LogP contribution in [0.3, 0.4) is 0 Å². The van der Waals surface area contributed by atoms with Crippen LogP contribution in [-0.2, 0) is 11.5 Å². The zero-order valence-corrected chi connectivity index (χ0v) is 12.4. The maximum Gasteiger partial charge on any atom is 0.387 e. The first-order valence-electron chi connectivity index (χ1n) is 6.21. The van der Waals surface area contributed by atoms with Gasteiger partial charge in [-0.05, 0) is 24.4 Å². The largest absolute Gasteiger partial charge is 0.433 e. The van der Waals surface area contributed by atoms with E-state index in [1.165, 1.54) is 6.07 Å². The smallest absolute Gasteiger partial charge is 0.387 e. The highest BCUT2D eigenvalue weighted by molar-refractivity contribution is 7.80.